The van der Waals surface area contributed by atoms with E-state index in [-0.39, 0.29) is 16.3 Å². The molecule has 0 atom stereocenters. The molecule has 1 aliphatic rings. The summed E-state index contributed by atoms with van der Waals surface area (Å²) in [4.78, 5) is 26.8. The Morgan fingerprint density at radius 1 is 1.29 bits per heavy atom. The maximum Gasteiger partial charge on any atom is 0.294 e. The summed E-state index contributed by atoms with van der Waals surface area (Å²) >= 11 is 7.49. The highest BCUT2D eigenvalue weighted by molar-refractivity contribution is 8.01. The molecule has 6 nitrogen and oxygen atoms in total. The van der Waals surface area contributed by atoms with E-state index in [9.17, 15) is 14.9 Å². The third kappa shape index (κ3) is 5.01. The molecule has 1 aromatic carbocycles. The Morgan fingerprint density at radius 2 is 1.92 bits per heavy atom. The number of halogens is 1. The average molecular weight is 372 g/mol. The van der Waals surface area contributed by atoms with Gasteiger partial charge in [0.25, 0.3) is 5.69 Å². The normalized spacial score (nSPS) is 15.5. The Labute approximate surface area is 151 Å². The van der Waals surface area contributed by atoms with Gasteiger partial charge in [-0.15, -0.1) is 11.8 Å². The quantitative estimate of drug-likeness (QED) is 0.599. The largest absolute Gasteiger partial charge is 0.362 e. The molecule has 0 aromatic heterocycles. The molecule has 0 spiro atoms. The predicted molar refractivity (Wildman–Crippen MR) is 99.1 cm³/mol. The van der Waals surface area contributed by atoms with Gasteiger partial charge in [0.05, 0.1) is 10.7 Å². The molecule has 1 saturated heterocycles. The number of thioether (sulfide) groups is 1. The van der Waals surface area contributed by atoms with Crippen LogP contribution in [0.4, 0.5) is 11.4 Å². The first-order valence-electron chi connectivity index (χ1n) is 7.78. The Hall–Kier alpha value is -1.47. The molecule has 1 fully saturated rings. The summed E-state index contributed by atoms with van der Waals surface area (Å²) in [6.07, 6.45) is 0. The molecule has 0 radical (unpaired) electrons. The fraction of sp³-hybridized carbons (Fsp3) is 0.562. The SMILES string of the molecule is CC(C)(C)SCC(=O)N1CCN(c2ccc(Cl)cc2[N+](=O)[O-])CC1. The zero-order chi connectivity index (χ0) is 17.9. The summed E-state index contributed by atoms with van der Waals surface area (Å²) in [6, 6.07) is 4.70. The highest BCUT2D eigenvalue weighted by Crippen LogP contribution is 2.31. The molecule has 0 saturated carbocycles. The highest BCUT2D eigenvalue weighted by Gasteiger charge is 2.26. The highest BCUT2D eigenvalue weighted by atomic mass is 35.5. The van der Waals surface area contributed by atoms with Crippen LogP contribution in [-0.4, -0.2) is 52.4 Å². The fourth-order valence-corrected chi connectivity index (χ4v) is 3.38. The van der Waals surface area contributed by atoms with Gasteiger partial charge in [-0.25, -0.2) is 0 Å². The number of amides is 1. The molecule has 1 aliphatic heterocycles. The summed E-state index contributed by atoms with van der Waals surface area (Å²) in [6.45, 7) is 8.56. The van der Waals surface area contributed by atoms with Crippen LogP contribution in [0.2, 0.25) is 5.02 Å². The van der Waals surface area contributed by atoms with Crippen molar-refractivity contribution in [1.82, 2.24) is 4.90 Å². The summed E-state index contributed by atoms with van der Waals surface area (Å²) in [5.41, 5.74) is 0.561. The van der Waals surface area contributed by atoms with Crippen LogP contribution in [0.25, 0.3) is 0 Å². The van der Waals surface area contributed by atoms with Crippen molar-refractivity contribution < 1.29 is 9.72 Å². The lowest BCUT2D eigenvalue weighted by atomic mass is 10.2. The van der Waals surface area contributed by atoms with Gasteiger partial charge in [-0.2, -0.15) is 0 Å². The second kappa shape index (κ2) is 7.61. The number of anilines is 1. The third-order valence-corrected chi connectivity index (χ3v) is 5.23. The molecule has 24 heavy (non-hydrogen) atoms. The van der Waals surface area contributed by atoms with Crippen molar-refractivity contribution in [3.05, 3.63) is 33.3 Å². The first-order valence-corrected chi connectivity index (χ1v) is 9.14. The minimum atomic E-state index is -0.418. The van der Waals surface area contributed by atoms with Gasteiger partial charge in [-0.3, -0.25) is 14.9 Å². The van der Waals surface area contributed by atoms with Crippen molar-refractivity contribution in [2.24, 2.45) is 0 Å². The van der Waals surface area contributed by atoms with Crippen LogP contribution in [-0.2, 0) is 4.79 Å². The molecule has 2 rings (SSSR count). The van der Waals surface area contributed by atoms with E-state index in [0.29, 0.717) is 42.6 Å². The molecule has 1 amide bonds. The lowest BCUT2D eigenvalue weighted by Gasteiger charge is -2.36. The van der Waals surface area contributed by atoms with Crippen LogP contribution in [0, 0.1) is 10.1 Å². The first-order chi connectivity index (χ1) is 11.2. The monoisotopic (exact) mass is 371 g/mol. The topological polar surface area (TPSA) is 66.7 Å². The number of hydrogen-bond donors (Lipinski definition) is 0. The first kappa shape index (κ1) is 18.9. The van der Waals surface area contributed by atoms with Crippen molar-refractivity contribution in [3.63, 3.8) is 0 Å². The van der Waals surface area contributed by atoms with Crippen molar-refractivity contribution in [2.45, 2.75) is 25.5 Å². The van der Waals surface area contributed by atoms with Crippen molar-refractivity contribution in [3.8, 4) is 0 Å². The van der Waals surface area contributed by atoms with Gasteiger partial charge in [0.15, 0.2) is 0 Å². The van der Waals surface area contributed by atoms with Crippen molar-refractivity contribution >= 4 is 40.6 Å². The molecule has 132 valence electrons. The number of nitrogens with zero attached hydrogens (tertiary/aromatic N) is 3. The van der Waals surface area contributed by atoms with Gasteiger partial charge < -0.3 is 9.80 Å². The van der Waals surface area contributed by atoms with E-state index >= 15 is 0 Å². The van der Waals surface area contributed by atoms with Crippen LogP contribution in [0.15, 0.2) is 18.2 Å². The van der Waals surface area contributed by atoms with Gasteiger partial charge in [-0.1, -0.05) is 32.4 Å². The lowest BCUT2D eigenvalue weighted by Crippen LogP contribution is -2.49. The summed E-state index contributed by atoms with van der Waals surface area (Å²) < 4.78 is 0.0569. The van der Waals surface area contributed by atoms with Crippen LogP contribution >= 0.6 is 23.4 Å². The second-order valence-electron chi connectivity index (χ2n) is 6.66. The summed E-state index contributed by atoms with van der Waals surface area (Å²) in [7, 11) is 0. The van der Waals surface area contributed by atoms with Crippen molar-refractivity contribution in [2.75, 3.05) is 36.8 Å². The van der Waals surface area contributed by atoms with Gasteiger partial charge in [0.1, 0.15) is 5.69 Å². The molecule has 8 heteroatoms. The number of nitro benzene ring substituents is 1. The molecule has 1 heterocycles. The number of rotatable bonds is 4. The molecule has 1 aromatic rings. The number of nitro groups is 1. The molecular weight excluding hydrogens is 350 g/mol. The number of piperazine rings is 1. The molecular formula is C16H22ClN3O3S. The summed E-state index contributed by atoms with van der Waals surface area (Å²) in [5.74, 6) is 0.588. The number of hydrogen-bond acceptors (Lipinski definition) is 5. The predicted octanol–water partition coefficient (Wildman–Crippen LogP) is 3.43. The Balaban J connectivity index is 1.98. The van der Waals surface area contributed by atoms with E-state index in [0.717, 1.165) is 0 Å². The maximum absolute atomic E-state index is 12.3. The van der Waals surface area contributed by atoms with Gasteiger partial charge in [0, 0.05) is 42.0 Å². The van der Waals surface area contributed by atoms with E-state index < -0.39 is 4.92 Å². The fourth-order valence-electron chi connectivity index (χ4n) is 2.48. The van der Waals surface area contributed by atoms with E-state index in [1.165, 1.54) is 6.07 Å². The smallest absolute Gasteiger partial charge is 0.294 e. The lowest BCUT2D eigenvalue weighted by molar-refractivity contribution is -0.384. The van der Waals surface area contributed by atoms with E-state index in [2.05, 4.69) is 20.8 Å². The zero-order valence-electron chi connectivity index (χ0n) is 14.1. The van der Waals surface area contributed by atoms with Gasteiger partial charge >= 0.3 is 0 Å². The standard InChI is InChI=1S/C16H22ClN3O3S/c1-16(2,3)24-11-15(21)19-8-6-18(7-9-19)13-5-4-12(17)10-14(13)20(22)23/h4-5,10H,6-9,11H2,1-3H3. The van der Waals surface area contributed by atoms with Crippen LogP contribution < -0.4 is 4.90 Å². The number of benzene rings is 1. The Bertz CT molecular complexity index is 625. The minimum absolute atomic E-state index is 0.00515. The third-order valence-electron chi connectivity index (χ3n) is 3.74. The van der Waals surface area contributed by atoms with E-state index in [1.54, 1.807) is 23.9 Å². The second-order valence-corrected chi connectivity index (χ2v) is 8.90. The van der Waals surface area contributed by atoms with E-state index in [4.69, 9.17) is 11.6 Å². The maximum atomic E-state index is 12.3. The molecule has 0 aliphatic carbocycles. The van der Waals surface area contributed by atoms with Crippen LogP contribution in [0.1, 0.15) is 20.8 Å². The summed E-state index contributed by atoms with van der Waals surface area (Å²) in [5, 5.41) is 11.6. The van der Waals surface area contributed by atoms with Gasteiger partial charge in [0.2, 0.25) is 5.91 Å². The Morgan fingerprint density at radius 3 is 2.46 bits per heavy atom. The van der Waals surface area contributed by atoms with Crippen molar-refractivity contribution in [1.29, 1.82) is 0 Å². The number of carbonyl (C=O) groups excluding carboxylic acids is 1. The zero-order valence-corrected chi connectivity index (χ0v) is 15.7. The Kier molecular flexibility index (Phi) is 5.98. The van der Waals surface area contributed by atoms with Crippen LogP contribution in [0.3, 0.4) is 0 Å². The molecule has 0 bridgehead atoms. The molecule has 0 N–H and O–H groups in total. The van der Waals surface area contributed by atoms with Gasteiger partial charge in [-0.05, 0) is 12.1 Å². The average Bonchev–Trinajstić information content (AvgIpc) is 2.52. The molecule has 0 unspecified atom stereocenters. The van der Waals surface area contributed by atoms with E-state index in [1.807, 2.05) is 9.80 Å². The van der Waals surface area contributed by atoms with Crippen LogP contribution in [0.5, 0.6) is 0 Å². The number of carbonyl (C=O) groups is 1. The minimum Gasteiger partial charge on any atom is -0.362 e.